The van der Waals surface area contributed by atoms with Crippen LogP contribution in [0.2, 0.25) is 0 Å². The molecule has 2 rings (SSSR count). The fourth-order valence-electron chi connectivity index (χ4n) is 2.25. The summed E-state index contributed by atoms with van der Waals surface area (Å²) in [5, 5.41) is -4.03. The van der Waals surface area contributed by atoms with Crippen LogP contribution in [-0.2, 0) is 9.84 Å². The van der Waals surface area contributed by atoms with Crippen LogP contribution in [0.15, 0.2) is 77.2 Å². The van der Waals surface area contributed by atoms with Crippen molar-refractivity contribution in [3.8, 4) is 11.8 Å². The topological polar surface area (TPSA) is 34.1 Å². The lowest BCUT2D eigenvalue weighted by molar-refractivity contribution is 0.146. The van der Waals surface area contributed by atoms with Gasteiger partial charge in [0.1, 0.15) is 0 Å². The minimum Gasteiger partial charge on any atom is -0.217 e. The number of halogens is 2. The Morgan fingerprint density at radius 1 is 1.04 bits per heavy atom. The van der Waals surface area contributed by atoms with E-state index in [1.54, 1.807) is 30.3 Å². The van der Waals surface area contributed by atoms with E-state index in [1.165, 1.54) is 24.3 Å². The highest BCUT2D eigenvalue weighted by atomic mass is 32.2. The van der Waals surface area contributed by atoms with Crippen LogP contribution in [0.5, 0.6) is 0 Å². The molecule has 0 aliphatic rings. The SMILES string of the molecule is CCCC/C(C#Cc1ccccc1)=C\C(F)(F)S(=O)(=O)c1ccccc1. The van der Waals surface area contributed by atoms with Crippen molar-refractivity contribution in [2.24, 2.45) is 0 Å². The predicted octanol–water partition coefficient (Wildman–Crippen LogP) is 5.22. The second kappa shape index (κ2) is 8.77. The van der Waals surface area contributed by atoms with Gasteiger partial charge in [0.15, 0.2) is 0 Å². The van der Waals surface area contributed by atoms with Gasteiger partial charge in [0.05, 0.1) is 4.90 Å². The van der Waals surface area contributed by atoms with Crippen molar-refractivity contribution in [1.29, 1.82) is 0 Å². The van der Waals surface area contributed by atoms with E-state index in [1.807, 2.05) is 13.0 Å². The zero-order valence-corrected chi connectivity index (χ0v) is 15.3. The van der Waals surface area contributed by atoms with Crippen molar-refractivity contribution >= 4 is 9.84 Å². The van der Waals surface area contributed by atoms with E-state index in [0.717, 1.165) is 6.42 Å². The monoisotopic (exact) mass is 374 g/mol. The predicted molar refractivity (Wildman–Crippen MR) is 99.5 cm³/mol. The molecule has 0 saturated carbocycles. The molecule has 0 atom stereocenters. The number of sulfone groups is 1. The minimum atomic E-state index is -4.82. The summed E-state index contributed by atoms with van der Waals surface area (Å²) in [6.07, 6.45) is 2.23. The average Bonchev–Trinajstić information content (AvgIpc) is 2.65. The molecule has 136 valence electrons. The number of unbranched alkanes of at least 4 members (excludes halogenated alkanes) is 1. The van der Waals surface area contributed by atoms with Gasteiger partial charge in [-0.15, -0.1) is 0 Å². The number of hydrogen-bond donors (Lipinski definition) is 0. The summed E-state index contributed by atoms with van der Waals surface area (Å²) in [6, 6.07) is 15.7. The maximum Gasteiger partial charge on any atom is 0.369 e. The Hall–Kier alpha value is -2.45. The zero-order valence-electron chi connectivity index (χ0n) is 14.5. The molecule has 0 N–H and O–H groups in total. The lowest BCUT2D eigenvalue weighted by Crippen LogP contribution is -2.27. The summed E-state index contributed by atoms with van der Waals surface area (Å²) in [4.78, 5) is -0.410. The van der Waals surface area contributed by atoms with Crippen molar-refractivity contribution in [3.63, 3.8) is 0 Å². The van der Waals surface area contributed by atoms with Gasteiger partial charge < -0.3 is 0 Å². The molecule has 2 aromatic carbocycles. The maximum atomic E-state index is 14.6. The van der Waals surface area contributed by atoms with E-state index >= 15 is 0 Å². The summed E-state index contributed by atoms with van der Waals surface area (Å²) >= 11 is 0. The summed E-state index contributed by atoms with van der Waals surface area (Å²) in [7, 11) is -4.82. The second-order valence-corrected chi connectivity index (χ2v) is 7.79. The molecule has 2 nitrogen and oxygen atoms in total. The molecule has 0 saturated heterocycles. The van der Waals surface area contributed by atoms with Gasteiger partial charge in [-0.3, -0.25) is 0 Å². The zero-order chi connectivity index (χ0) is 19.0. The van der Waals surface area contributed by atoms with Gasteiger partial charge in [0.2, 0.25) is 9.84 Å². The lowest BCUT2D eigenvalue weighted by atomic mass is 10.1. The Labute approximate surface area is 153 Å². The van der Waals surface area contributed by atoms with Crippen molar-refractivity contribution in [2.45, 2.75) is 36.3 Å². The first-order valence-electron chi connectivity index (χ1n) is 8.33. The Morgan fingerprint density at radius 2 is 1.62 bits per heavy atom. The molecule has 0 radical (unpaired) electrons. The van der Waals surface area contributed by atoms with Crippen LogP contribution in [0.3, 0.4) is 0 Å². The molecule has 5 heteroatoms. The van der Waals surface area contributed by atoms with Crippen LogP contribution in [0.4, 0.5) is 8.78 Å². The van der Waals surface area contributed by atoms with Gasteiger partial charge in [0, 0.05) is 17.2 Å². The third-order valence-corrected chi connectivity index (χ3v) is 5.42. The first kappa shape index (κ1) is 19.9. The first-order valence-corrected chi connectivity index (χ1v) is 9.81. The van der Waals surface area contributed by atoms with E-state index in [9.17, 15) is 17.2 Å². The highest BCUT2D eigenvalue weighted by molar-refractivity contribution is 7.92. The van der Waals surface area contributed by atoms with E-state index < -0.39 is 20.0 Å². The fourth-order valence-corrected chi connectivity index (χ4v) is 3.38. The fraction of sp³-hybridized carbons (Fsp3) is 0.238. The highest BCUT2D eigenvalue weighted by Gasteiger charge is 2.44. The molecular formula is C21H20F2O2S. The van der Waals surface area contributed by atoms with Gasteiger partial charge in [-0.25, -0.2) is 8.42 Å². The van der Waals surface area contributed by atoms with Gasteiger partial charge in [-0.2, -0.15) is 8.78 Å². The Kier molecular flexibility index (Phi) is 6.70. The Bertz CT molecular complexity index is 907. The third kappa shape index (κ3) is 5.03. The van der Waals surface area contributed by atoms with Crippen molar-refractivity contribution in [3.05, 3.63) is 77.9 Å². The number of benzene rings is 2. The number of alkyl halides is 2. The summed E-state index contributed by atoms with van der Waals surface area (Å²) in [6.45, 7) is 1.93. The quantitative estimate of drug-likeness (QED) is 0.650. The first-order chi connectivity index (χ1) is 12.4. The standard InChI is InChI=1S/C21H20F2O2S/c1-2-3-10-19(16-15-18-11-6-4-7-12-18)17-21(22,23)26(24,25)20-13-8-5-9-14-20/h4-9,11-14,17H,2-3,10H2,1H3/b19-17+. The normalized spacial score (nSPS) is 12.3. The molecule has 0 aliphatic heterocycles. The van der Waals surface area contributed by atoms with Gasteiger partial charge >= 0.3 is 5.25 Å². The van der Waals surface area contributed by atoms with E-state index in [4.69, 9.17) is 0 Å². The molecule has 0 aromatic heterocycles. The molecular weight excluding hydrogens is 354 g/mol. The highest BCUT2D eigenvalue weighted by Crippen LogP contribution is 2.32. The van der Waals surface area contributed by atoms with Crippen molar-refractivity contribution < 1.29 is 17.2 Å². The van der Waals surface area contributed by atoms with Crippen LogP contribution in [0.25, 0.3) is 0 Å². The van der Waals surface area contributed by atoms with E-state index in [-0.39, 0.29) is 5.57 Å². The van der Waals surface area contributed by atoms with Crippen LogP contribution in [0, 0.1) is 11.8 Å². The lowest BCUT2D eigenvalue weighted by Gasteiger charge is -2.14. The van der Waals surface area contributed by atoms with Crippen molar-refractivity contribution in [2.75, 3.05) is 0 Å². The smallest absolute Gasteiger partial charge is 0.217 e. The van der Waals surface area contributed by atoms with Crippen molar-refractivity contribution in [1.82, 2.24) is 0 Å². The van der Waals surface area contributed by atoms with Crippen LogP contribution < -0.4 is 0 Å². The Balaban J connectivity index is 2.40. The summed E-state index contributed by atoms with van der Waals surface area (Å²) in [5.41, 5.74) is 0.810. The molecule has 0 amide bonds. The number of allylic oxidation sites excluding steroid dienone is 1. The number of hydrogen-bond acceptors (Lipinski definition) is 2. The molecule has 0 heterocycles. The summed E-state index contributed by atoms with van der Waals surface area (Å²) < 4.78 is 53.7. The van der Waals surface area contributed by atoms with Crippen LogP contribution in [-0.4, -0.2) is 13.7 Å². The van der Waals surface area contributed by atoms with Crippen LogP contribution >= 0.6 is 0 Å². The van der Waals surface area contributed by atoms with Gasteiger partial charge in [-0.1, -0.05) is 61.6 Å². The average molecular weight is 374 g/mol. The molecule has 0 bridgehead atoms. The maximum absolute atomic E-state index is 14.6. The Morgan fingerprint density at radius 3 is 2.19 bits per heavy atom. The minimum absolute atomic E-state index is 0.125. The van der Waals surface area contributed by atoms with Gasteiger partial charge in [-0.05, 0) is 37.1 Å². The van der Waals surface area contributed by atoms with Gasteiger partial charge in [0.25, 0.3) is 0 Å². The largest absolute Gasteiger partial charge is 0.369 e. The molecule has 2 aromatic rings. The molecule has 0 spiro atoms. The third-order valence-electron chi connectivity index (χ3n) is 3.69. The number of rotatable bonds is 6. The van der Waals surface area contributed by atoms with Crippen LogP contribution in [0.1, 0.15) is 31.7 Å². The van der Waals surface area contributed by atoms with E-state index in [0.29, 0.717) is 24.5 Å². The molecule has 26 heavy (non-hydrogen) atoms. The summed E-state index contributed by atoms with van der Waals surface area (Å²) in [5.74, 6) is 5.54. The second-order valence-electron chi connectivity index (χ2n) is 5.77. The molecule has 0 fully saturated rings. The van der Waals surface area contributed by atoms with E-state index in [2.05, 4.69) is 11.8 Å². The molecule has 0 unspecified atom stereocenters. The molecule has 0 aliphatic carbocycles.